The van der Waals surface area contributed by atoms with Crippen molar-refractivity contribution >= 4 is 0 Å². The quantitative estimate of drug-likeness (QED) is 0.421. The Morgan fingerprint density at radius 1 is 1.62 bits per heavy atom. The summed E-state index contributed by atoms with van der Waals surface area (Å²) in [5.41, 5.74) is 0. The molecule has 50 valence electrons. The predicted octanol–water partition coefficient (Wildman–Crippen LogP) is -0.866. The summed E-state index contributed by atoms with van der Waals surface area (Å²) in [4.78, 5) is 0. The topological polar surface area (TPSA) is 44.3 Å². The fraction of sp³-hybridized carbons (Fsp3) is 1.00. The van der Waals surface area contributed by atoms with Crippen molar-refractivity contribution in [2.24, 2.45) is 0 Å². The summed E-state index contributed by atoms with van der Waals surface area (Å²) < 4.78 is 0. The molecular formula is C5H14N2O. The lowest BCUT2D eigenvalue weighted by atomic mass is 10.5. The average Bonchev–Trinajstić information content (AvgIpc) is 1.68. The van der Waals surface area contributed by atoms with Gasteiger partial charge in [0.15, 0.2) is 0 Å². The molecular weight excluding hydrogens is 104 g/mol. The van der Waals surface area contributed by atoms with Gasteiger partial charge < -0.3 is 10.4 Å². The molecule has 0 saturated carbocycles. The molecule has 3 nitrogen and oxygen atoms in total. The highest BCUT2D eigenvalue weighted by Crippen LogP contribution is 1.68. The van der Waals surface area contributed by atoms with Crippen molar-refractivity contribution in [3.8, 4) is 0 Å². The average molecular weight is 118 g/mol. The third-order valence-corrected chi connectivity index (χ3v) is 0.837. The molecule has 0 aromatic carbocycles. The standard InChI is InChI=1S/C5H14N2O/c1-3-7-5(8)4-6-2/h5-8H,3-4H2,1-2H3. The number of aliphatic hydroxyl groups excluding tert-OH is 1. The molecule has 0 aliphatic heterocycles. The van der Waals surface area contributed by atoms with Crippen molar-refractivity contribution in [1.82, 2.24) is 10.6 Å². The minimum Gasteiger partial charge on any atom is -0.377 e. The van der Waals surface area contributed by atoms with Crippen molar-refractivity contribution in [3.63, 3.8) is 0 Å². The first-order chi connectivity index (χ1) is 3.81. The van der Waals surface area contributed by atoms with E-state index in [4.69, 9.17) is 5.11 Å². The lowest BCUT2D eigenvalue weighted by Gasteiger charge is -2.08. The third kappa shape index (κ3) is 4.05. The summed E-state index contributed by atoms with van der Waals surface area (Å²) in [7, 11) is 1.81. The van der Waals surface area contributed by atoms with Gasteiger partial charge in [0.05, 0.1) is 0 Å². The van der Waals surface area contributed by atoms with Gasteiger partial charge in [-0.3, -0.25) is 5.32 Å². The number of hydrogen-bond acceptors (Lipinski definition) is 3. The number of likely N-dealkylation sites (N-methyl/N-ethyl adjacent to an activating group) is 2. The Morgan fingerprint density at radius 2 is 2.25 bits per heavy atom. The molecule has 0 amide bonds. The first kappa shape index (κ1) is 7.88. The highest BCUT2D eigenvalue weighted by Gasteiger charge is 1.95. The molecule has 0 aromatic heterocycles. The first-order valence-corrected chi connectivity index (χ1v) is 2.87. The highest BCUT2D eigenvalue weighted by molar-refractivity contribution is 4.51. The molecule has 1 atom stereocenters. The molecule has 0 fully saturated rings. The van der Waals surface area contributed by atoms with E-state index in [9.17, 15) is 0 Å². The zero-order valence-corrected chi connectivity index (χ0v) is 5.44. The summed E-state index contributed by atoms with van der Waals surface area (Å²) in [5.74, 6) is 0. The van der Waals surface area contributed by atoms with E-state index in [0.29, 0.717) is 6.54 Å². The molecule has 0 spiro atoms. The maximum absolute atomic E-state index is 8.88. The summed E-state index contributed by atoms with van der Waals surface area (Å²) >= 11 is 0. The van der Waals surface area contributed by atoms with Gasteiger partial charge >= 0.3 is 0 Å². The Labute approximate surface area is 50.1 Å². The second-order valence-corrected chi connectivity index (χ2v) is 1.63. The SMILES string of the molecule is CCNC(O)CNC. The van der Waals surface area contributed by atoms with E-state index >= 15 is 0 Å². The van der Waals surface area contributed by atoms with Crippen LogP contribution in [0.1, 0.15) is 6.92 Å². The molecule has 0 bridgehead atoms. The smallest absolute Gasteiger partial charge is 0.117 e. The van der Waals surface area contributed by atoms with Crippen LogP contribution < -0.4 is 10.6 Å². The van der Waals surface area contributed by atoms with Crippen LogP contribution in [0.5, 0.6) is 0 Å². The second kappa shape index (κ2) is 5.03. The van der Waals surface area contributed by atoms with E-state index in [1.165, 1.54) is 0 Å². The Morgan fingerprint density at radius 3 is 2.62 bits per heavy atom. The molecule has 0 radical (unpaired) electrons. The van der Waals surface area contributed by atoms with Gasteiger partial charge in [0.2, 0.25) is 0 Å². The van der Waals surface area contributed by atoms with E-state index in [-0.39, 0.29) is 0 Å². The Kier molecular flexibility index (Phi) is 4.95. The maximum atomic E-state index is 8.88. The summed E-state index contributed by atoms with van der Waals surface area (Å²) in [6, 6.07) is 0. The summed E-state index contributed by atoms with van der Waals surface area (Å²) in [6.45, 7) is 3.37. The zero-order valence-electron chi connectivity index (χ0n) is 5.44. The summed E-state index contributed by atoms with van der Waals surface area (Å²) in [5, 5.41) is 14.6. The van der Waals surface area contributed by atoms with Gasteiger partial charge in [0.25, 0.3) is 0 Å². The van der Waals surface area contributed by atoms with Crippen LogP contribution in [0.15, 0.2) is 0 Å². The van der Waals surface area contributed by atoms with Gasteiger partial charge in [-0.15, -0.1) is 0 Å². The number of hydrogen-bond donors (Lipinski definition) is 3. The minimum absolute atomic E-state index is 0.398. The van der Waals surface area contributed by atoms with E-state index in [2.05, 4.69) is 10.6 Å². The molecule has 0 aliphatic rings. The van der Waals surface area contributed by atoms with E-state index in [0.717, 1.165) is 6.54 Å². The molecule has 0 saturated heterocycles. The van der Waals surface area contributed by atoms with E-state index in [1.54, 1.807) is 7.05 Å². The van der Waals surface area contributed by atoms with Crippen LogP contribution in [0.2, 0.25) is 0 Å². The normalized spacial score (nSPS) is 13.9. The van der Waals surface area contributed by atoms with Crippen LogP contribution in [0.3, 0.4) is 0 Å². The van der Waals surface area contributed by atoms with Crippen LogP contribution in [0, 0.1) is 0 Å². The van der Waals surface area contributed by atoms with Gasteiger partial charge in [-0.2, -0.15) is 0 Å². The van der Waals surface area contributed by atoms with Gasteiger partial charge in [-0.05, 0) is 13.6 Å². The highest BCUT2D eigenvalue weighted by atomic mass is 16.3. The number of nitrogens with one attached hydrogen (secondary N) is 2. The fourth-order valence-corrected chi connectivity index (χ4v) is 0.501. The lowest BCUT2D eigenvalue weighted by Crippen LogP contribution is -2.36. The van der Waals surface area contributed by atoms with Crippen LogP contribution in [0.25, 0.3) is 0 Å². The Hall–Kier alpha value is -0.120. The molecule has 1 unspecified atom stereocenters. The largest absolute Gasteiger partial charge is 0.377 e. The first-order valence-electron chi connectivity index (χ1n) is 2.87. The van der Waals surface area contributed by atoms with Crippen molar-refractivity contribution in [1.29, 1.82) is 0 Å². The Balaban J connectivity index is 2.92. The third-order valence-electron chi connectivity index (χ3n) is 0.837. The zero-order chi connectivity index (χ0) is 6.41. The van der Waals surface area contributed by atoms with E-state index < -0.39 is 6.23 Å². The molecule has 8 heavy (non-hydrogen) atoms. The predicted molar refractivity (Wildman–Crippen MR) is 33.6 cm³/mol. The van der Waals surface area contributed by atoms with Gasteiger partial charge in [0.1, 0.15) is 6.23 Å². The van der Waals surface area contributed by atoms with Crippen LogP contribution in [0.4, 0.5) is 0 Å². The monoisotopic (exact) mass is 118 g/mol. The van der Waals surface area contributed by atoms with Crippen LogP contribution >= 0.6 is 0 Å². The van der Waals surface area contributed by atoms with Gasteiger partial charge in [-0.25, -0.2) is 0 Å². The van der Waals surface area contributed by atoms with Crippen molar-refractivity contribution in [2.45, 2.75) is 13.2 Å². The van der Waals surface area contributed by atoms with Crippen molar-refractivity contribution in [3.05, 3.63) is 0 Å². The Bertz CT molecular complexity index is 43.7. The van der Waals surface area contributed by atoms with E-state index in [1.807, 2.05) is 6.92 Å². The van der Waals surface area contributed by atoms with Crippen molar-refractivity contribution in [2.75, 3.05) is 20.1 Å². The number of rotatable bonds is 4. The molecule has 0 heterocycles. The lowest BCUT2D eigenvalue weighted by molar-refractivity contribution is 0.140. The van der Waals surface area contributed by atoms with Crippen LogP contribution in [-0.4, -0.2) is 31.5 Å². The molecule has 3 N–H and O–H groups in total. The maximum Gasteiger partial charge on any atom is 0.117 e. The van der Waals surface area contributed by atoms with Gasteiger partial charge in [0, 0.05) is 6.54 Å². The molecule has 0 rings (SSSR count). The van der Waals surface area contributed by atoms with Gasteiger partial charge in [-0.1, -0.05) is 6.92 Å². The fourth-order valence-electron chi connectivity index (χ4n) is 0.501. The van der Waals surface area contributed by atoms with Crippen LogP contribution in [-0.2, 0) is 0 Å². The molecule has 0 aromatic rings. The van der Waals surface area contributed by atoms with Crippen molar-refractivity contribution < 1.29 is 5.11 Å². The number of aliphatic hydroxyl groups is 1. The summed E-state index contributed by atoms with van der Waals surface area (Å²) in [6.07, 6.45) is -0.398. The molecule has 3 heteroatoms. The minimum atomic E-state index is -0.398. The second-order valence-electron chi connectivity index (χ2n) is 1.63. The molecule has 0 aliphatic carbocycles.